The van der Waals surface area contributed by atoms with Gasteiger partial charge in [-0.15, -0.1) is 0 Å². The molecule has 0 spiro atoms. The molecule has 6 nitrogen and oxygen atoms in total. The van der Waals surface area contributed by atoms with Gasteiger partial charge in [-0.1, -0.05) is 6.92 Å². The van der Waals surface area contributed by atoms with E-state index in [-0.39, 0.29) is 12.1 Å². The number of carbonyl (C=O) groups is 1. The molecule has 0 saturated carbocycles. The monoisotopic (exact) mass is 221 g/mol. The van der Waals surface area contributed by atoms with Crippen molar-refractivity contribution in [3.05, 3.63) is 35.0 Å². The third-order valence-electron chi connectivity index (χ3n) is 2.43. The van der Waals surface area contributed by atoms with Crippen LogP contribution in [0.2, 0.25) is 0 Å². The summed E-state index contributed by atoms with van der Waals surface area (Å²) in [7, 11) is 0. The molecule has 0 aromatic carbocycles. The number of carboxylic acid groups (broad SMARTS) is 1. The second-order valence-electron chi connectivity index (χ2n) is 3.66. The van der Waals surface area contributed by atoms with Gasteiger partial charge in [0.1, 0.15) is 5.52 Å². The Kier molecular flexibility index (Phi) is 2.47. The van der Waals surface area contributed by atoms with Gasteiger partial charge in [0, 0.05) is 18.9 Å². The van der Waals surface area contributed by atoms with Crippen molar-refractivity contribution < 1.29 is 9.90 Å². The maximum absolute atomic E-state index is 11.9. The van der Waals surface area contributed by atoms with Crippen molar-refractivity contribution in [2.75, 3.05) is 0 Å². The molecule has 16 heavy (non-hydrogen) atoms. The highest BCUT2D eigenvalue weighted by Crippen LogP contribution is 2.00. The molecule has 0 fully saturated rings. The topological polar surface area (TPSA) is 76.6 Å². The Labute approximate surface area is 90.7 Å². The van der Waals surface area contributed by atoms with Gasteiger partial charge in [-0.25, -0.2) is 4.52 Å². The van der Waals surface area contributed by atoms with E-state index in [0.717, 1.165) is 0 Å². The summed E-state index contributed by atoms with van der Waals surface area (Å²) in [5, 5.41) is 12.7. The molecule has 84 valence electrons. The van der Waals surface area contributed by atoms with Gasteiger partial charge in [0.2, 0.25) is 0 Å². The lowest BCUT2D eigenvalue weighted by Crippen LogP contribution is -2.26. The number of aliphatic carboxylic acids is 1. The molecule has 2 rings (SSSR count). The summed E-state index contributed by atoms with van der Waals surface area (Å²) in [4.78, 5) is 22.6. The van der Waals surface area contributed by atoms with E-state index in [1.54, 1.807) is 25.4 Å². The molecular weight excluding hydrogens is 210 g/mol. The highest BCUT2D eigenvalue weighted by atomic mass is 16.4. The average molecular weight is 221 g/mol. The van der Waals surface area contributed by atoms with Crippen molar-refractivity contribution in [1.29, 1.82) is 0 Å². The van der Waals surface area contributed by atoms with Crippen molar-refractivity contribution in [2.24, 2.45) is 5.92 Å². The predicted octanol–water partition coefficient (Wildman–Crippen LogP) is 0.217. The molecular formula is C10H11N3O3. The van der Waals surface area contributed by atoms with Crippen LogP contribution in [0.5, 0.6) is 0 Å². The van der Waals surface area contributed by atoms with Gasteiger partial charge in [-0.2, -0.15) is 5.10 Å². The van der Waals surface area contributed by atoms with Gasteiger partial charge < -0.3 is 9.67 Å². The summed E-state index contributed by atoms with van der Waals surface area (Å²) < 4.78 is 2.85. The van der Waals surface area contributed by atoms with Crippen molar-refractivity contribution in [3.8, 4) is 0 Å². The van der Waals surface area contributed by atoms with Crippen molar-refractivity contribution in [2.45, 2.75) is 13.5 Å². The molecule has 0 aliphatic rings. The summed E-state index contributed by atoms with van der Waals surface area (Å²) >= 11 is 0. The van der Waals surface area contributed by atoms with Gasteiger partial charge in [0.05, 0.1) is 12.1 Å². The highest BCUT2D eigenvalue weighted by molar-refractivity contribution is 5.69. The van der Waals surface area contributed by atoms with Crippen LogP contribution in [0.15, 0.2) is 29.5 Å². The fraction of sp³-hybridized carbons (Fsp3) is 0.300. The molecule has 1 unspecified atom stereocenters. The number of aromatic nitrogens is 3. The normalized spacial score (nSPS) is 12.8. The third-order valence-corrected chi connectivity index (χ3v) is 2.43. The number of carboxylic acids is 1. The first-order valence-electron chi connectivity index (χ1n) is 4.85. The minimum absolute atomic E-state index is 0.163. The maximum Gasteiger partial charge on any atom is 0.308 e. The zero-order valence-electron chi connectivity index (χ0n) is 8.70. The molecule has 6 heteroatoms. The number of nitrogens with zero attached hydrogens (tertiary/aromatic N) is 3. The molecule has 0 saturated heterocycles. The fourth-order valence-electron chi connectivity index (χ4n) is 1.48. The Balaban J connectivity index is 2.42. The quantitative estimate of drug-likeness (QED) is 0.804. The Bertz CT molecular complexity index is 584. The summed E-state index contributed by atoms with van der Waals surface area (Å²) in [5.41, 5.74) is 0.216. The SMILES string of the molecule is CC(Cn1ccn2nccc2c1=O)C(=O)O. The first-order valence-corrected chi connectivity index (χ1v) is 4.85. The molecule has 0 aliphatic carbocycles. The maximum atomic E-state index is 11.9. The second-order valence-corrected chi connectivity index (χ2v) is 3.66. The van der Waals surface area contributed by atoms with Gasteiger partial charge in [-0.05, 0) is 6.07 Å². The molecule has 1 N–H and O–H groups in total. The minimum atomic E-state index is -0.916. The Hall–Kier alpha value is -2.11. The number of fused-ring (bicyclic) bond motifs is 1. The van der Waals surface area contributed by atoms with Crippen LogP contribution in [-0.4, -0.2) is 25.3 Å². The molecule has 0 bridgehead atoms. The summed E-state index contributed by atoms with van der Waals surface area (Å²) in [6, 6.07) is 1.60. The molecule has 0 aliphatic heterocycles. The molecule has 0 radical (unpaired) electrons. The van der Waals surface area contributed by atoms with E-state index in [2.05, 4.69) is 5.10 Å². The molecule has 2 aromatic rings. The lowest BCUT2D eigenvalue weighted by molar-refractivity contribution is -0.141. The van der Waals surface area contributed by atoms with Crippen LogP contribution in [0.25, 0.3) is 5.52 Å². The van der Waals surface area contributed by atoms with E-state index < -0.39 is 11.9 Å². The second kappa shape index (κ2) is 3.80. The first-order chi connectivity index (χ1) is 7.59. The van der Waals surface area contributed by atoms with E-state index in [1.807, 2.05) is 0 Å². The van der Waals surface area contributed by atoms with Crippen LogP contribution in [0.3, 0.4) is 0 Å². The molecule has 2 heterocycles. The smallest absolute Gasteiger partial charge is 0.308 e. The predicted molar refractivity (Wildman–Crippen MR) is 56.3 cm³/mol. The average Bonchev–Trinajstić information content (AvgIpc) is 2.70. The van der Waals surface area contributed by atoms with Gasteiger partial charge >= 0.3 is 5.97 Å². The molecule has 1 atom stereocenters. The van der Waals surface area contributed by atoms with Gasteiger partial charge in [0.25, 0.3) is 5.56 Å². The first kappa shape index (κ1) is 10.4. The highest BCUT2D eigenvalue weighted by Gasteiger charge is 2.13. The molecule has 2 aromatic heterocycles. The minimum Gasteiger partial charge on any atom is -0.481 e. The standard InChI is InChI=1S/C10H11N3O3/c1-7(10(15)16)6-12-4-5-13-8(9(12)14)2-3-11-13/h2-5,7H,6H2,1H3,(H,15,16). The van der Waals surface area contributed by atoms with Gasteiger partial charge in [-0.3, -0.25) is 9.59 Å². The van der Waals surface area contributed by atoms with E-state index >= 15 is 0 Å². The lowest BCUT2D eigenvalue weighted by Gasteiger charge is -2.09. The zero-order valence-corrected chi connectivity index (χ0v) is 8.70. The number of hydrogen-bond donors (Lipinski definition) is 1. The zero-order chi connectivity index (χ0) is 11.7. The summed E-state index contributed by atoms with van der Waals surface area (Å²) in [5.74, 6) is -1.51. The van der Waals surface area contributed by atoms with E-state index in [4.69, 9.17) is 5.11 Å². The number of hydrogen-bond acceptors (Lipinski definition) is 3. The Morgan fingerprint density at radius 1 is 1.56 bits per heavy atom. The van der Waals surface area contributed by atoms with E-state index in [9.17, 15) is 9.59 Å². The van der Waals surface area contributed by atoms with Crippen molar-refractivity contribution in [3.63, 3.8) is 0 Å². The Morgan fingerprint density at radius 2 is 2.31 bits per heavy atom. The number of rotatable bonds is 3. The fourth-order valence-corrected chi connectivity index (χ4v) is 1.48. The Morgan fingerprint density at radius 3 is 3.00 bits per heavy atom. The summed E-state index contributed by atoms with van der Waals surface area (Å²) in [6.45, 7) is 1.73. The van der Waals surface area contributed by atoms with Crippen molar-refractivity contribution >= 4 is 11.5 Å². The van der Waals surface area contributed by atoms with Crippen LogP contribution in [0, 0.1) is 5.92 Å². The summed E-state index contributed by atoms with van der Waals surface area (Å²) in [6.07, 6.45) is 4.70. The lowest BCUT2D eigenvalue weighted by atomic mass is 10.2. The van der Waals surface area contributed by atoms with Crippen LogP contribution in [0.4, 0.5) is 0 Å². The largest absolute Gasteiger partial charge is 0.481 e. The van der Waals surface area contributed by atoms with Crippen LogP contribution in [-0.2, 0) is 11.3 Å². The van der Waals surface area contributed by atoms with Crippen molar-refractivity contribution in [1.82, 2.24) is 14.2 Å². The van der Waals surface area contributed by atoms with Gasteiger partial charge in [0.15, 0.2) is 0 Å². The van der Waals surface area contributed by atoms with E-state index in [1.165, 1.54) is 15.3 Å². The van der Waals surface area contributed by atoms with Crippen LogP contribution >= 0.6 is 0 Å². The van der Waals surface area contributed by atoms with E-state index in [0.29, 0.717) is 5.52 Å². The molecule has 0 amide bonds. The third kappa shape index (κ3) is 1.69. The van der Waals surface area contributed by atoms with Crippen LogP contribution in [0.1, 0.15) is 6.92 Å². The van der Waals surface area contributed by atoms with Crippen LogP contribution < -0.4 is 5.56 Å².